The largest absolute Gasteiger partial charge is 0.504 e. The average molecular weight is 253 g/mol. The Morgan fingerprint density at radius 2 is 2.00 bits per heavy atom. The SMILES string of the molecule is O=C(c1ccc(O)c(O)c1)N1CCCSCC1. The van der Waals surface area contributed by atoms with E-state index in [2.05, 4.69) is 0 Å². The lowest BCUT2D eigenvalue weighted by atomic mass is 10.1. The van der Waals surface area contributed by atoms with Crippen molar-refractivity contribution in [2.45, 2.75) is 6.42 Å². The first-order valence-corrected chi connectivity index (χ1v) is 6.73. The first-order chi connectivity index (χ1) is 8.18. The van der Waals surface area contributed by atoms with Gasteiger partial charge in [-0.05, 0) is 30.4 Å². The topological polar surface area (TPSA) is 60.8 Å². The summed E-state index contributed by atoms with van der Waals surface area (Å²) in [5.41, 5.74) is 0.423. The number of carbonyl (C=O) groups is 1. The lowest BCUT2D eigenvalue weighted by Crippen LogP contribution is -2.32. The van der Waals surface area contributed by atoms with E-state index in [9.17, 15) is 15.0 Å². The summed E-state index contributed by atoms with van der Waals surface area (Å²) in [6.45, 7) is 1.50. The summed E-state index contributed by atoms with van der Waals surface area (Å²) in [5.74, 6) is 1.51. The molecule has 2 N–H and O–H groups in total. The van der Waals surface area contributed by atoms with Gasteiger partial charge < -0.3 is 15.1 Å². The third-order valence-electron chi connectivity index (χ3n) is 2.73. The maximum absolute atomic E-state index is 12.1. The molecule has 92 valence electrons. The van der Waals surface area contributed by atoms with Crippen LogP contribution in [0.4, 0.5) is 0 Å². The van der Waals surface area contributed by atoms with Gasteiger partial charge >= 0.3 is 0 Å². The van der Waals surface area contributed by atoms with Crippen LogP contribution in [0.3, 0.4) is 0 Å². The number of phenolic OH excluding ortho intramolecular Hbond substituents is 2. The Morgan fingerprint density at radius 3 is 2.76 bits per heavy atom. The minimum absolute atomic E-state index is 0.0807. The van der Waals surface area contributed by atoms with Crippen LogP contribution in [0, 0.1) is 0 Å². The second-order valence-corrected chi connectivity index (χ2v) is 5.19. The molecule has 1 amide bonds. The molecule has 0 spiro atoms. The molecular formula is C12H15NO3S. The first-order valence-electron chi connectivity index (χ1n) is 5.57. The highest BCUT2D eigenvalue weighted by Crippen LogP contribution is 2.25. The molecule has 0 aliphatic carbocycles. The molecule has 0 bridgehead atoms. The number of phenols is 2. The highest BCUT2D eigenvalue weighted by atomic mass is 32.2. The van der Waals surface area contributed by atoms with Crippen LogP contribution in [0.2, 0.25) is 0 Å². The summed E-state index contributed by atoms with van der Waals surface area (Å²) in [6, 6.07) is 4.19. The monoisotopic (exact) mass is 253 g/mol. The average Bonchev–Trinajstić information content (AvgIpc) is 2.60. The summed E-state index contributed by atoms with van der Waals surface area (Å²) >= 11 is 1.85. The minimum Gasteiger partial charge on any atom is -0.504 e. The number of amides is 1. The van der Waals surface area contributed by atoms with Crippen LogP contribution in [0.5, 0.6) is 11.5 Å². The van der Waals surface area contributed by atoms with Crippen LogP contribution >= 0.6 is 11.8 Å². The van der Waals surface area contributed by atoms with Gasteiger partial charge in [-0.2, -0.15) is 11.8 Å². The molecule has 0 radical (unpaired) electrons. The van der Waals surface area contributed by atoms with Gasteiger partial charge in [0, 0.05) is 24.4 Å². The standard InChI is InChI=1S/C12H15NO3S/c14-10-3-2-9(8-11(10)15)12(16)13-4-1-6-17-7-5-13/h2-3,8,14-15H,1,4-7H2. The van der Waals surface area contributed by atoms with E-state index >= 15 is 0 Å². The molecule has 1 aromatic carbocycles. The summed E-state index contributed by atoms with van der Waals surface area (Å²) < 4.78 is 0. The van der Waals surface area contributed by atoms with E-state index in [-0.39, 0.29) is 17.4 Å². The molecule has 0 saturated carbocycles. The van der Waals surface area contributed by atoms with E-state index < -0.39 is 0 Å². The Hall–Kier alpha value is -1.36. The normalized spacial score (nSPS) is 16.6. The molecule has 4 nitrogen and oxygen atoms in total. The van der Waals surface area contributed by atoms with Crippen molar-refractivity contribution in [3.63, 3.8) is 0 Å². The fourth-order valence-electron chi connectivity index (χ4n) is 1.79. The molecule has 1 aromatic rings. The number of thioether (sulfide) groups is 1. The Kier molecular flexibility index (Phi) is 3.78. The predicted octanol–water partition coefficient (Wildman–Crippen LogP) is 1.68. The molecule has 1 heterocycles. The molecule has 0 aromatic heterocycles. The van der Waals surface area contributed by atoms with Crippen molar-refractivity contribution >= 4 is 17.7 Å². The molecular weight excluding hydrogens is 238 g/mol. The number of hydrogen-bond acceptors (Lipinski definition) is 4. The van der Waals surface area contributed by atoms with Crippen molar-refractivity contribution in [1.82, 2.24) is 4.90 Å². The Morgan fingerprint density at radius 1 is 1.18 bits per heavy atom. The molecule has 1 saturated heterocycles. The number of carbonyl (C=O) groups excluding carboxylic acids is 1. The maximum atomic E-state index is 12.1. The van der Waals surface area contributed by atoms with Crippen LogP contribution in [0.25, 0.3) is 0 Å². The van der Waals surface area contributed by atoms with E-state index in [0.717, 1.165) is 31.0 Å². The van der Waals surface area contributed by atoms with Gasteiger partial charge in [-0.3, -0.25) is 4.79 Å². The molecule has 0 unspecified atom stereocenters. The molecule has 1 fully saturated rings. The lowest BCUT2D eigenvalue weighted by Gasteiger charge is -2.20. The van der Waals surface area contributed by atoms with Crippen LogP contribution in [-0.2, 0) is 0 Å². The zero-order valence-electron chi connectivity index (χ0n) is 9.43. The third kappa shape index (κ3) is 2.85. The van der Waals surface area contributed by atoms with Crippen molar-refractivity contribution in [2.75, 3.05) is 24.6 Å². The van der Waals surface area contributed by atoms with E-state index in [1.807, 2.05) is 11.8 Å². The highest BCUT2D eigenvalue weighted by Gasteiger charge is 2.18. The Balaban J connectivity index is 2.14. The van der Waals surface area contributed by atoms with Gasteiger partial charge in [0.05, 0.1) is 0 Å². The van der Waals surface area contributed by atoms with Crippen molar-refractivity contribution < 1.29 is 15.0 Å². The predicted molar refractivity (Wildman–Crippen MR) is 67.6 cm³/mol. The minimum atomic E-state index is -0.250. The second kappa shape index (κ2) is 5.31. The molecule has 0 atom stereocenters. The number of nitrogens with zero attached hydrogens (tertiary/aromatic N) is 1. The van der Waals surface area contributed by atoms with Crippen molar-refractivity contribution in [3.8, 4) is 11.5 Å². The number of rotatable bonds is 1. The third-order valence-corrected chi connectivity index (χ3v) is 3.78. The summed E-state index contributed by atoms with van der Waals surface area (Å²) in [5, 5.41) is 18.6. The molecule has 1 aliphatic heterocycles. The van der Waals surface area contributed by atoms with Gasteiger partial charge in [-0.1, -0.05) is 0 Å². The smallest absolute Gasteiger partial charge is 0.254 e. The van der Waals surface area contributed by atoms with E-state index in [1.54, 1.807) is 4.90 Å². The number of hydrogen-bond donors (Lipinski definition) is 2. The van der Waals surface area contributed by atoms with Crippen LogP contribution in [0.15, 0.2) is 18.2 Å². The number of aromatic hydroxyl groups is 2. The van der Waals surface area contributed by atoms with Crippen molar-refractivity contribution in [1.29, 1.82) is 0 Å². The lowest BCUT2D eigenvalue weighted by molar-refractivity contribution is 0.0768. The van der Waals surface area contributed by atoms with Crippen LogP contribution < -0.4 is 0 Å². The van der Waals surface area contributed by atoms with Gasteiger partial charge in [0.25, 0.3) is 5.91 Å². The van der Waals surface area contributed by atoms with E-state index in [0.29, 0.717) is 5.56 Å². The maximum Gasteiger partial charge on any atom is 0.254 e. The van der Waals surface area contributed by atoms with Crippen molar-refractivity contribution in [3.05, 3.63) is 23.8 Å². The highest BCUT2D eigenvalue weighted by molar-refractivity contribution is 7.99. The zero-order chi connectivity index (χ0) is 12.3. The molecule has 5 heteroatoms. The van der Waals surface area contributed by atoms with Gasteiger partial charge in [0.15, 0.2) is 11.5 Å². The molecule has 2 rings (SSSR count). The molecule has 1 aliphatic rings. The molecule has 17 heavy (non-hydrogen) atoms. The van der Waals surface area contributed by atoms with Crippen molar-refractivity contribution in [2.24, 2.45) is 0 Å². The fraction of sp³-hybridized carbons (Fsp3) is 0.417. The Labute approximate surface area is 104 Å². The number of benzene rings is 1. The quantitative estimate of drug-likeness (QED) is 0.748. The van der Waals surface area contributed by atoms with Crippen LogP contribution in [-0.4, -0.2) is 45.6 Å². The van der Waals surface area contributed by atoms with Gasteiger partial charge in [0.1, 0.15) is 0 Å². The summed E-state index contributed by atoms with van der Waals surface area (Å²) in [6.07, 6.45) is 1.00. The van der Waals surface area contributed by atoms with E-state index in [4.69, 9.17) is 0 Å². The summed E-state index contributed by atoms with van der Waals surface area (Å²) in [4.78, 5) is 13.9. The summed E-state index contributed by atoms with van der Waals surface area (Å²) in [7, 11) is 0. The van der Waals surface area contributed by atoms with Gasteiger partial charge in [0.2, 0.25) is 0 Å². The van der Waals surface area contributed by atoms with Crippen LogP contribution in [0.1, 0.15) is 16.8 Å². The fourth-order valence-corrected chi connectivity index (χ4v) is 2.68. The van der Waals surface area contributed by atoms with E-state index in [1.165, 1.54) is 18.2 Å². The zero-order valence-corrected chi connectivity index (χ0v) is 10.2. The Bertz CT molecular complexity index is 414. The second-order valence-electron chi connectivity index (χ2n) is 3.96. The first kappa shape index (κ1) is 12.1. The van der Waals surface area contributed by atoms with Gasteiger partial charge in [-0.15, -0.1) is 0 Å². The van der Waals surface area contributed by atoms with Gasteiger partial charge in [-0.25, -0.2) is 0 Å².